The van der Waals surface area contributed by atoms with Gasteiger partial charge in [0.2, 0.25) is 5.91 Å². The van der Waals surface area contributed by atoms with Crippen LogP contribution in [0.5, 0.6) is 5.75 Å². The summed E-state index contributed by atoms with van der Waals surface area (Å²) in [5, 5.41) is 3.51. The number of nitrogens with one attached hydrogen (secondary N) is 1. The van der Waals surface area contributed by atoms with E-state index in [0.29, 0.717) is 22.2 Å². The first-order chi connectivity index (χ1) is 16.3. The summed E-state index contributed by atoms with van der Waals surface area (Å²) in [4.78, 5) is 28.0. The normalized spacial score (nSPS) is 11.6. The quantitative estimate of drug-likeness (QED) is 0.431. The van der Waals surface area contributed by atoms with E-state index in [2.05, 4.69) is 5.32 Å². The molecular weight excluding hydrogens is 471 g/mol. The Morgan fingerprint density at radius 3 is 2.35 bits per heavy atom. The van der Waals surface area contributed by atoms with Crippen LogP contribution in [0.15, 0.2) is 66.7 Å². The number of rotatable bonds is 9. The van der Waals surface area contributed by atoms with Crippen LogP contribution in [0, 0.1) is 13.8 Å². The molecule has 0 spiro atoms. The largest absolute Gasteiger partial charge is 0.483 e. The molecule has 3 aromatic rings. The first kappa shape index (κ1) is 25.6. The minimum absolute atomic E-state index is 0.177. The molecule has 34 heavy (non-hydrogen) atoms. The molecule has 178 valence electrons. The van der Waals surface area contributed by atoms with Gasteiger partial charge >= 0.3 is 0 Å². The Balaban J connectivity index is 1.91. The second-order valence-electron chi connectivity index (χ2n) is 8.15. The first-order valence-electron chi connectivity index (χ1n) is 11.0. The number of ether oxygens (including phenoxy) is 1. The molecule has 5 nitrogen and oxygen atoms in total. The average molecular weight is 499 g/mol. The van der Waals surface area contributed by atoms with Crippen LogP contribution in [-0.4, -0.2) is 36.4 Å². The summed E-state index contributed by atoms with van der Waals surface area (Å²) >= 11 is 12.3. The van der Waals surface area contributed by atoms with Gasteiger partial charge in [0.25, 0.3) is 5.91 Å². The van der Waals surface area contributed by atoms with Gasteiger partial charge in [-0.15, -0.1) is 0 Å². The fourth-order valence-corrected chi connectivity index (χ4v) is 3.96. The number of halogens is 2. The zero-order valence-corrected chi connectivity index (χ0v) is 21.0. The molecule has 0 fully saturated rings. The molecule has 1 atom stereocenters. The SMILES string of the molecule is CNC(=O)C(Cc1ccccc1)N(Cc1ccc(Cl)c(Cl)c1)C(=O)COc1cc(C)ccc1C. The predicted octanol–water partition coefficient (Wildman–Crippen LogP) is 5.38. The molecule has 0 aliphatic rings. The second-order valence-corrected chi connectivity index (χ2v) is 8.96. The van der Waals surface area contributed by atoms with E-state index in [1.807, 2.05) is 62.4 Å². The zero-order valence-electron chi connectivity index (χ0n) is 19.5. The van der Waals surface area contributed by atoms with E-state index in [1.54, 1.807) is 25.2 Å². The van der Waals surface area contributed by atoms with Crippen LogP contribution in [0.3, 0.4) is 0 Å². The Hall–Kier alpha value is -3.02. The maximum absolute atomic E-state index is 13.5. The smallest absolute Gasteiger partial charge is 0.261 e. The first-order valence-corrected chi connectivity index (χ1v) is 11.7. The van der Waals surface area contributed by atoms with Gasteiger partial charge < -0.3 is 15.0 Å². The van der Waals surface area contributed by atoms with Crippen molar-refractivity contribution in [2.24, 2.45) is 0 Å². The van der Waals surface area contributed by atoms with E-state index in [4.69, 9.17) is 27.9 Å². The Morgan fingerprint density at radius 2 is 1.68 bits per heavy atom. The van der Waals surface area contributed by atoms with Gasteiger partial charge in [-0.2, -0.15) is 0 Å². The Labute approximate surface area is 210 Å². The summed E-state index contributed by atoms with van der Waals surface area (Å²) in [7, 11) is 1.56. The third kappa shape index (κ3) is 6.75. The molecule has 0 aliphatic carbocycles. The molecule has 0 aliphatic heterocycles. The molecule has 0 saturated heterocycles. The molecule has 2 amide bonds. The molecule has 7 heteroatoms. The van der Waals surface area contributed by atoms with E-state index in [-0.39, 0.29) is 25.0 Å². The number of likely N-dealkylation sites (N-methyl/N-ethyl adjacent to an activating group) is 1. The van der Waals surface area contributed by atoms with E-state index in [1.165, 1.54) is 4.90 Å². The summed E-state index contributed by atoms with van der Waals surface area (Å²) in [6.07, 6.45) is 0.358. The molecule has 0 saturated carbocycles. The van der Waals surface area contributed by atoms with Crippen molar-refractivity contribution in [3.8, 4) is 5.75 Å². The molecule has 3 rings (SSSR count). The van der Waals surface area contributed by atoms with Gasteiger partial charge in [0.15, 0.2) is 6.61 Å². The Morgan fingerprint density at radius 1 is 0.941 bits per heavy atom. The van der Waals surface area contributed by atoms with E-state index < -0.39 is 6.04 Å². The van der Waals surface area contributed by atoms with Crippen molar-refractivity contribution in [2.75, 3.05) is 13.7 Å². The van der Waals surface area contributed by atoms with Crippen LogP contribution in [0.25, 0.3) is 0 Å². The van der Waals surface area contributed by atoms with Crippen LogP contribution in [-0.2, 0) is 22.6 Å². The van der Waals surface area contributed by atoms with Crippen LogP contribution >= 0.6 is 23.2 Å². The van der Waals surface area contributed by atoms with Crippen molar-refractivity contribution in [2.45, 2.75) is 32.9 Å². The Kier molecular flexibility index (Phi) is 8.97. The van der Waals surface area contributed by atoms with Crippen molar-refractivity contribution < 1.29 is 14.3 Å². The highest BCUT2D eigenvalue weighted by molar-refractivity contribution is 6.42. The summed E-state index contributed by atoms with van der Waals surface area (Å²) < 4.78 is 5.88. The van der Waals surface area contributed by atoms with E-state index in [0.717, 1.165) is 22.3 Å². The van der Waals surface area contributed by atoms with E-state index in [9.17, 15) is 9.59 Å². The van der Waals surface area contributed by atoms with E-state index >= 15 is 0 Å². The van der Waals surface area contributed by atoms with Crippen LogP contribution in [0.2, 0.25) is 10.0 Å². The molecule has 0 aromatic heterocycles. The summed E-state index contributed by atoms with van der Waals surface area (Å²) in [6.45, 7) is 3.87. The molecule has 1 unspecified atom stereocenters. The molecule has 0 radical (unpaired) electrons. The van der Waals surface area contributed by atoms with Gasteiger partial charge in [0.05, 0.1) is 10.0 Å². The average Bonchev–Trinajstić information content (AvgIpc) is 2.84. The standard InChI is InChI=1S/C27H28Cl2N2O3/c1-18-9-10-19(2)25(13-18)34-17-26(32)31(16-21-11-12-22(28)23(29)14-21)24(27(33)30-3)15-20-7-5-4-6-8-20/h4-14,24H,15-17H2,1-3H3,(H,30,33). The number of hydrogen-bond donors (Lipinski definition) is 1. The number of aryl methyl sites for hydroxylation is 2. The minimum atomic E-state index is -0.739. The molecule has 1 N–H and O–H groups in total. The van der Waals surface area contributed by atoms with Crippen LogP contribution in [0.4, 0.5) is 0 Å². The lowest BCUT2D eigenvalue weighted by molar-refractivity contribution is -0.142. The summed E-state index contributed by atoms with van der Waals surface area (Å²) in [5.74, 6) is 0.0721. The number of carbonyl (C=O) groups excluding carboxylic acids is 2. The van der Waals surface area contributed by atoms with Gasteiger partial charge in [0.1, 0.15) is 11.8 Å². The third-order valence-corrected chi connectivity index (χ3v) is 6.29. The highest BCUT2D eigenvalue weighted by Gasteiger charge is 2.30. The highest BCUT2D eigenvalue weighted by atomic mass is 35.5. The lowest BCUT2D eigenvalue weighted by Gasteiger charge is -2.31. The number of nitrogens with zero attached hydrogens (tertiary/aromatic N) is 1. The number of hydrogen-bond acceptors (Lipinski definition) is 3. The summed E-state index contributed by atoms with van der Waals surface area (Å²) in [5.41, 5.74) is 3.67. The van der Waals surface area contributed by atoms with Crippen molar-refractivity contribution >= 4 is 35.0 Å². The lowest BCUT2D eigenvalue weighted by Crippen LogP contribution is -2.51. The maximum Gasteiger partial charge on any atom is 0.261 e. The van der Waals surface area contributed by atoms with Crippen molar-refractivity contribution in [1.29, 1.82) is 0 Å². The highest BCUT2D eigenvalue weighted by Crippen LogP contribution is 2.25. The zero-order chi connectivity index (χ0) is 24.7. The van der Waals surface area contributed by atoms with Gasteiger partial charge in [-0.3, -0.25) is 9.59 Å². The number of amides is 2. The fraction of sp³-hybridized carbons (Fsp3) is 0.259. The molecular formula is C27H28Cl2N2O3. The van der Waals surface area contributed by atoms with Gasteiger partial charge in [-0.05, 0) is 54.3 Å². The van der Waals surface area contributed by atoms with Crippen molar-refractivity contribution in [3.63, 3.8) is 0 Å². The van der Waals surface area contributed by atoms with Crippen molar-refractivity contribution in [3.05, 3.63) is 99.0 Å². The lowest BCUT2D eigenvalue weighted by atomic mass is 10.0. The summed E-state index contributed by atoms with van der Waals surface area (Å²) in [6, 6.07) is 19.9. The third-order valence-electron chi connectivity index (χ3n) is 5.55. The monoisotopic (exact) mass is 498 g/mol. The Bertz CT molecular complexity index is 1150. The van der Waals surface area contributed by atoms with Gasteiger partial charge in [-0.1, -0.05) is 71.7 Å². The van der Waals surface area contributed by atoms with Crippen molar-refractivity contribution in [1.82, 2.24) is 10.2 Å². The second kappa shape index (κ2) is 11.9. The fourth-order valence-electron chi connectivity index (χ4n) is 3.64. The molecule has 3 aromatic carbocycles. The topological polar surface area (TPSA) is 58.6 Å². The van der Waals surface area contributed by atoms with Crippen LogP contribution in [0.1, 0.15) is 22.3 Å². The molecule has 0 heterocycles. The van der Waals surface area contributed by atoms with Crippen LogP contribution < -0.4 is 10.1 Å². The molecule has 0 bridgehead atoms. The van der Waals surface area contributed by atoms with Gasteiger partial charge in [-0.25, -0.2) is 0 Å². The van der Waals surface area contributed by atoms with Gasteiger partial charge in [0, 0.05) is 20.0 Å². The number of carbonyl (C=O) groups is 2. The number of benzene rings is 3. The minimum Gasteiger partial charge on any atom is -0.483 e. The predicted molar refractivity (Wildman–Crippen MR) is 136 cm³/mol. The maximum atomic E-state index is 13.5.